The standard InChI is InChI=1S/C24H24FN3O5/c1-31-17-11-12-19(21(13-17)32-2)26-22(29)14-33-24(30)23-18-5-3-4-6-20(18)28(27-23)16-9-7-15(25)8-10-16/h7-13H,3-6,14H2,1-2H3,(H,26,29). The number of aromatic nitrogens is 2. The fourth-order valence-corrected chi connectivity index (χ4v) is 3.85. The van der Waals surface area contributed by atoms with E-state index in [0.29, 0.717) is 29.3 Å². The first-order valence-corrected chi connectivity index (χ1v) is 10.6. The number of anilines is 1. The second-order valence-corrected chi connectivity index (χ2v) is 7.56. The van der Waals surface area contributed by atoms with Crippen molar-refractivity contribution in [3.63, 3.8) is 0 Å². The van der Waals surface area contributed by atoms with Gasteiger partial charge in [-0.05, 0) is 62.1 Å². The number of benzene rings is 2. The maximum atomic E-state index is 13.3. The predicted octanol–water partition coefficient (Wildman–Crippen LogP) is 3.70. The molecular formula is C24H24FN3O5. The Hall–Kier alpha value is -3.88. The summed E-state index contributed by atoms with van der Waals surface area (Å²) in [6.07, 6.45) is 3.35. The van der Waals surface area contributed by atoms with Crippen molar-refractivity contribution >= 4 is 17.6 Å². The average molecular weight is 453 g/mol. The van der Waals surface area contributed by atoms with E-state index in [9.17, 15) is 14.0 Å². The SMILES string of the molecule is COc1ccc(NC(=O)COC(=O)c2nn(-c3ccc(F)cc3)c3c2CCCC3)c(OC)c1. The van der Waals surface area contributed by atoms with Gasteiger partial charge < -0.3 is 19.5 Å². The first kappa shape index (κ1) is 22.3. The van der Waals surface area contributed by atoms with Crippen LogP contribution in [0.3, 0.4) is 0 Å². The van der Waals surface area contributed by atoms with E-state index in [2.05, 4.69) is 10.4 Å². The summed E-state index contributed by atoms with van der Waals surface area (Å²) < 4.78 is 30.7. The summed E-state index contributed by atoms with van der Waals surface area (Å²) in [4.78, 5) is 25.2. The number of methoxy groups -OCH3 is 2. The Kier molecular flexibility index (Phi) is 6.58. The zero-order valence-electron chi connectivity index (χ0n) is 18.4. The molecule has 3 aromatic rings. The molecule has 0 fully saturated rings. The zero-order chi connectivity index (χ0) is 23.4. The molecule has 0 unspecified atom stereocenters. The third-order valence-electron chi connectivity index (χ3n) is 5.46. The van der Waals surface area contributed by atoms with Crippen LogP contribution >= 0.6 is 0 Å². The van der Waals surface area contributed by atoms with Gasteiger partial charge in [-0.25, -0.2) is 13.9 Å². The Balaban J connectivity index is 1.48. The molecule has 1 aliphatic rings. The highest BCUT2D eigenvalue weighted by molar-refractivity contribution is 5.96. The maximum Gasteiger partial charge on any atom is 0.359 e. The van der Waals surface area contributed by atoms with Crippen LogP contribution in [0.15, 0.2) is 42.5 Å². The van der Waals surface area contributed by atoms with Gasteiger partial charge in [0.2, 0.25) is 0 Å². The molecule has 33 heavy (non-hydrogen) atoms. The number of carbonyl (C=O) groups excluding carboxylic acids is 2. The van der Waals surface area contributed by atoms with E-state index < -0.39 is 18.5 Å². The Bertz CT molecular complexity index is 1170. The predicted molar refractivity (Wildman–Crippen MR) is 119 cm³/mol. The second kappa shape index (κ2) is 9.72. The van der Waals surface area contributed by atoms with Gasteiger partial charge in [0.25, 0.3) is 5.91 Å². The molecule has 1 heterocycles. The highest BCUT2D eigenvalue weighted by Crippen LogP contribution is 2.29. The van der Waals surface area contributed by atoms with Gasteiger partial charge in [-0.1, -0.05) is 0 Å². The number of fused-ring (bicyclic) bond motifs is 1. The number of carbonyl (C=O) groups is 2. The second-order valence-electron chi connectivity index (χ2n) is 7.56. The number of amides is 1. The summed E-state index contributed by atoms with van der Waals surface area (Å²) in [5, 5.41) is 7.11. The lowest BCUT2D eigenvalue weighted by Crippen LogP contribution is -2.22. The molecule has 1 amide bonds. The van der Waals surface area contributed by atoms with Crippen LogP contribution in [0.1, 0.15) is 34.6 Å². The smallest absolute Gasteiger partial charge is 0.359 e. The van der Waals surface area contributed by atoms with Crippen molar-refractivity contribution in [3.8, 4) is 17.2 Å². The van der Waals surface area contributed by atoms with E-state index in [1.807, 2.05) is 0 Å². The van der Waals surface area contributed by atoms with E-state index in [1.54, 1.807) is 35.0 Å². The Morgan fingerprint density at radius 1 is 1.06 bits per heavy atom. The lowest BCUT2D eigenvalue weighted by Gasteiger charge is -2.14. The Morgan fingerprint density at radius 2 is 1.82 bits per heavy atom. The van der Waals surface area contributed by atoms with Gasteiger partial charge in [-0.3, -0.25) is 4.79 Å². The van der Waals surface area contributed by atoms with Gasteiger partial charge in [0.1, 0.15) is 17.3 Å². The molecule has 0 bridgehead atoms. The van der Waals surface area contributed by atoms with Crippen molar-refractivity contribution in [2.45, 2.75) is 25.7 Å². The van der Waals surface area contributed by atoms with Crippen molar-refractivity contribution in [2.75, 3.05) is 26.1 Å². The van der Waals surface area contributed by atoms with Gasteiger partial charge in [0.15, 0.2) is 12.3 Å². The first-order valence-electron chi connectivity index (χ1n) is 10.6. The van der Waals surface area contributed by atoms with Crippen molar-refractivity contribution in [3.05, 3.63) is 65.2 Å². The van der Waals surface area contributed by atoms with Crippen LogP contribution in [0, 0.1) is 5.82 Å². The van der Waals surface area contributed by atoms with Gasteiger partial charge >= 0.3 is 5.97 Å². The van der Waals surface area contributed by atoms with E-state index in [4.69, 9.17) is 14.2 Å². The van der Waals surface area contributed by atoms with Gasteiger partial charge in [-0.15, -0.1) is 0 Å². The van der Waals surface area contributed by atoms with Crippen LogP contribution in [0.25, 0.3) is 5.69 Å². The summed E-state index contributed by atoms with van der Waals surface area (Å²) in [7, 11) is 3.01. The van der Waals surface area contributed by atoms with Crippen LogP contribution < -0.4 is 14.8 Å². The topological polar surface area (TPSA) is 91.7 Å². The fraction of sp³-hybridized carbons (Fsp3) is 0.292. The van der Waals surface area contributed by atoms with E-state index in [1.165, 1.54) is 26.4 Å². The van der Waals surface area contributed by atoms with Crippen molar-refractivity contribution in [2.24, 2.45) is 0 Å². The number of nitrogens with one attached hydrogen (secondary N) is 1. The highest BCUT2D eigenvalue weighted by atomic mass is 19.1. The van der Waals surface area contributed by atoms with Gasteiger partial charge in [0, 0.05) is 17.3 Å². The zero-order valence-corrected chi connectivity index (χ0v) is 18.4. The molecule has 1 aromatic heterocycles. The summed E-state index contributed by atoms with van der Waals surface area (Å²) in [6, 6.07) is 10.9. The summed E-state index contributed by atoms with van der Waals surface area (Å²) in [6.45, 7) is -0.480. The third kappa shape index (κ3) is 4.82. The molecule has 2 aromatic carbocycles. The summed E-state index contributed by atoms with van der Waals surface area (Å²) >= 11 is 0. The number of esters is 1. The normalized spacial score (nSPS) is 12.6. The number of nitrogens with zero attached hydrogens (tertiary/aromatic N) is 2. The quantitative estimate of drug-likeness (QED) is 0.549. The first-order chi connectivity index (χ1) is 16.0. The van der Waals surface area contributed by atoms with Crippen LogP contribution in [-0.2, 0) is 22.4 Å². The van der Waals surface area contributed by atoms with E-state index in [-0.39, 0.29) is 11.5 Å². The third-order valence-corrected chi connectivity index (χ3v) is 5.46. The van der Waals surface area contributed by atoms with Crippen LogP contribution in [-0.4, -0.2) is 42.5 Å². The molecule has 9 heteroatoms. The molecule has 1 N–H and O–H groups in total. The Labute approximate surface area is 190 Å². The molecule has 4 rings (SSSR count). The summed E-state index contributed by atoms with van der Waals surface area (Å²) in [5.41, 5.74) is 3.00. The lowest BCUT2D eigenvalue weighted by atomic mass is 9.95. The monoisotopic (exact) mass is 453 g/mol. The van der Waals surface area contributed by atoms with Crippen molar-refractivity contribution in [1.29, 1.82) is 0 Å². The van der Waals surface area contributed by atoms with Crippen LogP contribution in [0.2, 0.25) is 0 Å². The van der Waals surface area contributed by atoms with E-state index in [0.717, 1.165) is 30.5 Å². The molecule has 0 saturated heterocycles. The molecule has 0 saturated carbocycles. The van der Waals surface area contributed by atoms with Crippen molar-refractivity contribution in [1.82, 2.24) is 9.78 Å². The molecule has 1 aliphatic carbocycles. The Morgan fingerprint density at radius 3 is 2.55 bits per heavy atom. The minimum Gasteiger partial charge on any atom is -0.497 e. The largest absolute Gasteiger partial charge is 0.497 e. The molecule has 0 atom stereocenters. The van der Waals surface area contributed by atoms with Crippen LogP contribution in [0.5, 0.6) is 11.5 Å². The van der Waals surface area contributed by atoms with Crippen LogP contribution in [0.4, 0.5) is 10.1 Å². The van der Waals surface area contributed by atoms with Gasteiger partial charge in [-0.2, -0.15) is 5.10 Å². The number of ether oxygens (including phenoxy) is 3. The van der Waals surface area contributed by atoms with Crippen molar-refractivity contribution < 1.29 is 28.2 Å². The average Bonchev–Trinajstić information content (AvgIpc) is 3.23. The maximum absolute atomic E-state index is 13.3. The number of hydrogen-bond donors (Lipinski definition) is 1. The molecular weight excluding hydrogens is 429 g/mol. The molecule has 0 aliphatic heterocycles. The molecule has 0 spiro atoms. The van der Waals surface area contributed by atoms with Gasteiger partial charge in [0.05, 0.1) is 25.6 Å². The molecule has 8 nitrogen and oxygen atoms in total. The number of halogens is 1. The minimum atomic E-state index is -0.675. The molecule has 172 valence electrons. The summed E-state index contributed by atoms with van der Waals surface area (Å²) in [5.74, 6) is -0.539. The minimum absolute atomic E-state index is 0.184. The highest BCUT2D eigenvalue weighted by Gasteiger charge is 2.27. The molecule has 0 radical (unpaired) electrons. The fourth-order valence-electron chi connectivity index (χ4n) is 3.85. The lowest BCUT2D eigenvalue weighted by molar-refractivity contribution is -0.119. The number of hydrogen-bond acceptors (Lipinski definition) is 6. The van der Waals surface area contributed by atoms with E-state index >= 15 is 0 Å². The number of rotatable bonds is 7.